The van der Waals surface area contributed by atoms with Crippen LogP contribution in [0, 0.1) is 0 Å². The Kier molecular flexibility index (Phi) is 7.88. The standard InChI is InChI=1S/C12H25NO2/c1-2-13-8-4-6-9-14-11-12-7-3-5-10-15-12/h12-13H,2-11H2,1H3. The summed E-state index contributed by atoms with van der Waals surface area (Å²) in [6.07, 6.45) is 6.43. The second kappa shape index (κ2) is 9.13. The molecule has 0 aromatic heterocycles. The second-order valence-electron chi connectivity index (χ2n) is 4.12. The van der Waals surface area contributed by atoms with Gasteiger partial charge in [0.1, 0.15) is 0 Å². The number of unbranched alkanes of at least 4 members (excludes halogenated alkanes) is 1. The molecule has 0 radical (unpaired) electrons. The zero-order chi connectivity index (χ0) is 10.8. The molecule has 1 unspecified atom stereocenters. The Balaban J connectivity index is 1.79. The third kappa shape index (κ3) is 6.88. The first kappa shape index (κ1) is 12.9. The molecule has 1 fully saturated rings. The van der Waals surface area contributed by atoms with Crippen LogP contribution in [-0.2, 0) is 9.47 Å². The number of ether oxygens (including phenoxy) is 2. The van der Waals surface area contributed by atoms with E-state index >= 15 is 0 Å². The predicted molar refractivity (Wildman–Crippen MR) is 62.2 cm³/mol. The van der Waals surface area contributed by atoms with Crippen LogP contribution in [0.1, 0.15) is 39.0 Å². The van der Waals surface area contributed by atoms with Gasteiger partial charge in [-0.3, -0.25) is 0 Å². The molecule has 0 aliphatic carbocycles. The number of nitrogens with one attached hydrogen (secondary N) is 1. The van der Waals surface area contributed by atoms with Crippen LogP contribution in [0.15, 0.2) is 0 Å². The SMILES string of the molecule is CCNCCCCOCC1CCCCO1. The van der Waals surface area contributed by atoms with Crippen molar-refractivity contribution in [3.63, 3.8) is 0 Å². The van der Waals surface area contributed by atoms with Crippen LogP contribution in [0.25, 0.3) is 0 Å². The topological polar surface area (TPSA) is 30.5 Å². The van der Waals surface area contributed by atoms with E-state index in [4.69, 9.17) is 9.47 Å². The van der Waals surface area contributed by atoms with E-state index < -0.39 is 0 Å². The highest BCUT2D eigenvalue weighted by atomic mass is 16.5. The molecule has 3 nitrogen and oxygen atoms in total. The van der Waals surface area contributed by atoms with Gasteiger partial charge in [0, 0.05) is 13.2 Å². The van der Waals surface area contributed by atoms with Gasteiger partial charge in [0.25, 0.3) is 0 Å². The fourth-order valence-electron chi connectivity index (χ4n) is 1.78. The molecule has 15 heavy (non-hydrogen) atoms. The molecule has 0 amide bonds. The predicted octanol–water partition coefficient (Wildman–Crippen LogP) is 1.96. The summed E-state index contributed by atoms with van der Waals surface area (Å²) >= 11 is 0. The Morgan fingerprint density at radius 1 is 1.33 bits per heavy atom. The largest absolute Gasteiger partial charge is 0.379 e. The third-order valence-corrected chi connectivity index (χ3v) is 2.72. The van der Waals surface area contributed by atoms with Crippen molar-refractivity contribution in [2.75, 3.05) is 32.9 Å². The molecule has 0 spiro atoms. The Labute approximate surface area is 93.5 Å². The molecular weight excluding hydrogens is 190 g/mol. The first-order valence-electron chi connectivity index (χ1n) is 6.33. The molecule has 1 aliphatic rings. The lowest BCUT2D eigenvalue weighted by atomic mass is 10.1. The van der Waals surface area contributed by atoms with Gasteiger partial charge in [-0.25, -0.2) is 0 Å². The van der Waals surface area contributed by atoms with E-state index in [1.165, 1.54) is 25.7 Å². The highest BCUT2D eigenvalue weighted by Crippen LogP contribution is 2.12. The quantitative estimate of drug-likeness (QED) is 0.628. The molecule has 1 rings (SSSR count). The number of hydrogen-bond acceptors (Lipinski definition) is 3. The van der Waals surface area contributed by atoms with E-state index in [0.717, 1.165) is 39.3 Å². The van der Waals surface area contributed by atoms with Crippen molar-refractivity contribution in [2.45, 2.75) is 45.1 Å². The van der Waals surface area contributed by atoms with Crippen molar-refractivity contribution in [1.82, 2.24) is 5.32 Å². The first-order valence-corrected chi connectivity index (χ1v) is 6.33. The molecule has 90 valence electrons. The van der Waals surface area contributed by atoms with Crippen LogP contribution in [0.2, 0.25) is 0 Å². The van der Waals surface area contributed by atoms with Crippen molar-refractivity contribution in [3.8, 4) is 0 Å². The van der Waals surface area contributed by atoms with E-state index in [9.17, 15) is 0 Å². The van der Waals surface area contributed by atoms with Crippen molar-refractivity contribution in [2.24, 2.45) is 0 Å². The normalized spacial score (nSPS) is 21.8. The average Bonchev–Trinajstić information content (AvgIpc) is 2.29. The Morgan fingerprint density at radius 3 is 3.00 bits per heavy atom. The van der Waals surface area contributed by atoms with Crippen LogP contribution < -0.4 is 5.32 Å². The molecule has 0 aromatic rings. The van der Waals surface area contributed by atoms with E-state index in [0.29, 0.717) is 6.10 Å². The Bertz CT molecular complexity index is 136. The van der Waals surface area contributed by atoms with Crippen molar-refractivity contribution < 1.29 is 9.47 Å². The smallest absolute Gasteiger partial charge is 0.0808 e. The number of rotatable bonds is 8. The average molecular weight is 215 g/mol. The summed E-state index contributed by atoms with van der Waals surface area (Å²) in [4.78, 5) is 0. The van der Waals surface area contributed by atoms with Gasteiger partial charge in [-0.05, 0) is 45.2 Å². The fraction of sp³-hybridized carbons (Fsp3) is 1.00. The van der Waals surface area contributed by atoms with E-state index in [-0.39, 0.29) is 0 Å². The van der Waals surface area contributed by atoms with E-state index in [1.807, 2.05) is 0 Å². The summed E-state index contributed by atoms with van der Waals surface area (Å²) in [5.74, 6) is 0. The maximum atomic E-state index is 5.60. The maximum absolute atomic E-state index is 5.60. The molecule has 1 saturated heterocycles. The molecule has 1 atom stereocenters. The van der Waals surface area contributed by atoms with Crippen LogP contribution in [-0.4, -0.2) is 39.0 Å². The van der Waals surface area contributed by atoms with Gasteiger partial charge in [-0.1, -0.05) is 6.92 Å². The lowest BCUT2D eigenvalue weighted by Gasteiger charge is -2.22. The van der Waals surface area contributed by atoms with Gasteiger partial charge < -0.3 is 14.8 Å². The minimum absolute atomic E-state index is 0.368. The fourth-order valence-corrected chi connectivity index (χ4v) is 1.78. The molecule has 0 saturated carbocycles. The Morgan fingerprint density at radius 2 is 2.27 bits per heavy atom. The zero-order valence-corrected chi connectivity index (χ0v) is 9.96. The second-order valence-corrected chi connectivity index (χ2v) is 4.12. The molecular formula is C12H25NO2. The summed E-state index contributed by atoms with van der Waals surface area (Å²) in [5.41, 5.74) is 0. The van der Waals surface area contributed by atoms with Crippen molar-refractivity contribution >= 4 is 0 Å². The van der Waals surface area contributed by atoms with Gasteiger partial charge in [0.15, 0.2) is 0 Å². The third-order valence-electron chi connectivity index (χ3n) is 2.72. The minimum Gasteiger partial charge on any atom is -0.379 e. The summed E-state index contributed by atoms with van der Waals surface area (Å²) in [7, 11) is 0. The van der Waals surface area contributed by atoms with Crippen molar-refractivity contribution in [1.29, 1.82) is 0 Å². The molecule has 0 bridgehead atoms. The maximum Gasteiger partial charge on any atom is 0.0808 e. The van der Waals surface area contributed by atoms with E-state index in [2.05, 4.69) is 12.2 Å². The highest BCUT2D eigenvalue weighted by Gasteiger charge is 2.13. The molecule has 1 aliphatic heterocycles. The van der Waals surface area contributed by atoms with Crippen LogP contribution in [0.3, 0.4) is 0 Å². The van der Waals surface area contributed by atoms with E-state index in [1.54, 1.807) is 0 Å². The zero-order valence-electron chi connectivity index (χ0n) is 9.96. The lowest BCUT2D eigenvalue weighted by molar-refractivity contribution is -0.0410. The first-order chi connectivity index (χ1) is 7.43. The Hall–Kier alpha value is -0.120. The molecule has 1 N–H and O–H groups in total. The summed E-state index contributed by atoms with van der Waals surface area (Å²) in [5, 5.41) is 3.31. The van der Waals surface area contributed by atoms with Gasteiger partial charge in [0.2, 0.25) is 0 Å². The van der Waals surface area contributed by atoms with Crippen LogP contribution in [0.5, 0.6) is 0 Å². The molecule has 0 aromatic carbocycles. The van der Waals surface area contributed by atoms with Gasteiger partial charge in [0.05, 0.1) is 12.7 Å². The minimum atomic E-state index is 0.368. The number of hydrogen-bond donors (Lipinski definition) is 1. The lowest BCUT2D eigenvalue weighted by Crippen LogP contribution is -2.24. The van der Waals surface area contributed by atoms with Gasteiger partial charge in [-0.15, -0.1) is 0 Å². The van der Waals surface area contributed by atoms with Gasteiger partial charge in [-0.2, -0.15) is 0 Å². The summed E-state index contributed by atoms with van der Waals surface area (Å²) in [6.45, 7) is 6.91. The molecule has 3 heteroatoms. The summed E-state index contributed by atoms with van der Waals surface area (Å²) < 4.78 is 11.2. The van der Waals surface area contributed by atoms with Crippen molar-refractivity contribution in [3.05, 3.63) is 0 Å². The molecule has 1 heterocycles. The van der Waals surface area contributed by atoms with Crippen LogP contribution >= 0.6 is 0 Å². The van der Waals surface area contributed by atoms with Gasteiger partial charge >= 0.3 is 0 Å². The monoisotopic (exact) mass is 215 g/mol. The van der Waals surface area contributed by atoms with Crippen LogP contribution in [0.4, 0.5) is 0 Å². The highest BCUT2D eigenvalue weighted by molar-refractivity contribution is 4.62. The summed E-state index contributed by atoms with van der Waals surface area (Å²) in [6, 6.07) is 0.